The molecule has 2 rings (SSSR count). The lowest BCUT2D eigenvalue weighted by Gasteiger charge is -2.40. The summed E-state index contributed by atoms with van der Waals surface area (Å²) in [5.74, 6) is -1.69. The van der Waals surface area contributed by atoms with E-state index < -0.39 is 29.9 Å². The van der Waals surface area contributed by atoms with Gasteiger partial charge in [0.2, 0.25) is 11.8 Å². The number of alkyl carbamates (subject to hydrolysis) is 1. The van der Waals surface area contributed by atoms with Crippen molar-refractivity contribution < 1.29 is 33.8 Å². The molecule has 2 saturated heterocycles. The van der Waals surface area contributed by atoms with E-state index in [9.17, 15) is 19.2 Å². The van der Waals surface area contributed by atoms with Crippen molar-refractivity contribution in [2.24, 2.45) is 0 Å². The number of amides is 3. The van der Waals surface area contributed by atoms with Crippen LogP contribution in [0.5, 0.6) is 0 Å². The number of rotatable bonds is 5. The Labute approximate surface area is 157 Å². The smallest absolute Gasteiger partial charge is 0.408 e. The van der Waals surface area contributed by atoms with Crippen molar-refractivity contribution in [3.63, 3.8) is 0 Å². The van der Waals surface area contributed by atoms with Gasteiger partial charge in [0, 0.05) is 19.5 Å². The molecular weight excluding hydrogens is 358 g/mol. The molecule has 0 aliphatic carbocycles. The second-order valence-electron chi connectivity index (χ2n) is 7.56. The van der Waals surface area contributed by atoms with Crippen LogP contribution in [0.15, 0.2) is 0 Å². The lowest BCUT2D eigenvalue weighted by Crippen LogP contribution is -2.58. The molecule has 10 nitrogen and oxygen atoms in total. The SMILES string of the molecule is CC(C)(C)OC(=O)N[C@H]1CCN(C2COCCN2C(=O)CCC(=O)O)C1=O. The number of carboxylic acids is 1. The van der Waals surface area contributed by atoms with Crippen LogP contribution >= 0.6 is 0 Å². The molecule has 2 fully saturated rings. The molecule has 10 heteroatoms. The topological polar surface area (TPSA) is 125 Å². The summed E-state index contributed by atoms with van der Waals surface area (Å²) in [6.07, 6.45) is -1.27. The summed E-state index contributed by atoms with van der Waals surface area (Å²) in [5.41, 5.74) is -0.671. The Morgan fingerprint density at radius 3 is 2.59 bits per heavy atom. The van der Waals surface area contributed by atoms with Crippen molar-refractivity contribution in [1.29, 1.82) is 0 Å². The Balaban J connectivity index is 1.99. The van der Waals surface area contributed by atoms with Crippen LogP contribution < -0.4 is 5.32 Å². The number of ether oxygens (including phenoxy) is 2. The first kappa shape index (κ1) is 20.9. The molecule has 0 spiro atoms. The third-order valence-corrected chi connectivity index (χ3v) is 4.27. The molecule has 0 radical (unpaired) electrons. The molecule has 2 aliphatic rings. The second kappa shape index (κ2) is 8.55. The number of carbonyl (C=O) groups is 4. The fourth-order valence-corrected chi connectivity index (χ4v) is 3.08. The Hall–Kier alpha value is -2.36. The number of nitrogens with one attached hydrogen (secondary N) is 1. The van der Waals surface area contributed by atoms with Crippen LogP contribution in [0.4, 0.5) is 4.79 Å². The number of hydrogen-bond donors (Lipinski definition) is 2. The molecule has 3 amide bonds. The average Bonchev–Trinajstić information content (AvgIpc) is 2.91. The molecule has 1 unspecified atom stereocenters. The third kappa shape index (κ3) is 5.81. The van der Waals surface area contributed by atoms with Gasteiger partial charge >= 0.3 is 12.1 Å². The van der Waals surface area contributed by atoms with Gasteiger partial charge in [-0.2, -0.15) is 0 Å². The molecule has 0 aromatic heterocycles. The molecule has 0 aromatic carbocycles. The minimum atomic E-state index is -1.05. The molecule has 2 N–H and O–H groups in total. The van der Waals surface area contributed by atoms with Crippen LogP contribution in [0.1, 0.15) is 40.0 Å². The highest BCUT2D eigenvalue weighted by atomic mass is 16.6. The van der Waals surface area contributed by atoms with Gasteiger partial charge in [-0.25, -0.2) is 4.79 Å². The molecule has 0 bridgehead atoms. The van der Waals surface area contributed by atoms with E-state index in [4.69, 9.17) is 14.6 Å². The van der Waals surface area contributed by atoms with Gasteiger partial charge in [0.25, 0.3) is 0 Å². The number of aliphatic carboxylic acids is 1. The van der Waals surface area contributed by atoms with Crippen LogP contribution in [-0.4, -0.2) is 82.9 Å². The Morgan fingerprint density at radius 2 is 1.96 bits per heavy atom. The summed E-state index contributed by atoms with van der Waals surface area (Å²) in [6, 6.07) is -0.724. The maximum atomic E-state index is 12.7. The zero-order chi connectivity index (χ0) is 20.2. The second-order valence-corrected chi connectivity index (χ2v) is 7.56. The van der Waals surface area contributed by atoms with Gasteiger partial charge in [-0.05, 0) is 27.2 Å². The molecule has 2 heterocycles. The van der Waals surface area contributed by atoms with Gasteiger partial charge in [0.05, 0.1) is 19.6 Å². The fourth-order valence-electron chi connectivity index (χ4n) is 3.08. The maximum absolute atomic E-state index is 12.7. The van der Waals surface area contributed by atoms with Gasteiger partial charge in [-0.1, -0.05) is 0 Å². The standard InChI is InChI=1S/C17H27N3O7/c1-17(2,3)27-16(25)18-11-6-7-20(15(11)24)12-10-26-9-8-19(12)13(21)4-5-14(22)23/h11-12H,4-10H2,1-3H3,(H,18,25)(H,22,23)/t11-,12?/m0/s1. The van der Waals surface area contributed by atoms with Gasteiger partial charge in [0.1, 0.15) is 17.8 Å². The minimum Gasteiger partial charge on any atom is -0.481 e. The van der Waals surface area contributed by atoms with E-state index in [2.05, 4.69) is 5.32 Å². The number of nitrogens with zero attached hydrogens (tertiary/aromatic N) is 2. The summed E-state index contributed by atoms with van der Waals surface area (Å²) in [5, 5.41) is 11.3. The predicted molar refractivity (Wildman–Crippen MR) is 92.7 cm³/mol. The largest absolute Gasteiger partial charge is 0.481 e. The van der Waals surface area contributed by atoms with E-state index in [0.29, 0.717) is 19.6 Å². The maximum Gasteiger partial charge on any atom is 0.408 e. The summed E-state index contributed by atoms with van der Waals surface area (Å²) in [4.78, 5) is 50.7. The lowest BCUT2D eigenvalue weighted by molar-refractivity contribution is -0.157. The van der Waals surface area contributed by atoms with Crippen molar-refractivity contribution in [2.75, 3.05) is 26.3 Å². The summed E-state index contributed by atoms with van der Waals surface area (Å²) < 4.78 is 10.6. The molecule has 27 heavy (non-hydrogen) atoms. The highest BCUT2D eigenvalue weighted by Gasteiger charge is 2.41. The molecule has 2 aliphatic heterocycles. The van der Waals surface area contributed by atoms with E-state index in [0.717, 1.165) is 0 Å². The first-order chi connectivity index (χ1) is 12.6. The lowest BCUT2D eigenvalue weighted by atomic mass is 10.2. The normalized spacial score (nSPS) is 23.3. The van der Waals surface area contributed by atoms with Crippen LogP contribution in [0, 0.1) is 0 Å². The number of morpholine rings is 1. The zero-order valence-corrected chi connectivity index (χ0v) is 15.9. The minimum absolute atomic E-state index is 0.131. The van der Waals surface area contributed by atoms with E-state index in [-0.39, 0.29) is 37.8 Å². The fraction of sp³-hybridized carbons (Fsp3) is 0.765. The molecule has 152 valence electrons. The van der Waals surface area contributed by atoms with Crippen LogP contribution in [0.2, 0.25) is 0 Å². The Kier molecular flexibility index (Phi) is 6.63. The third-order valence-electron chi connectivity index (χ3n) is 4.27. The Morgan fingerprint density at radius 1 is 1.26 bits per heavy atom. The predicted octanol–water partition coefficient (Wildman–Crippen LogP) is 0.162. The molecule has 2 atom stereocenters. The van der Waals surface area contributed by atoms with Crippen molar-refractivity contribution in [1.82, 2.24) is 15.1 Å². The molecule has 0 saturated carbocycles. The Bertz CT molecular complexity index is 602. The number of likely N-dealkylation sites (tertiary alicyclic amines) is 1. The number of carboxylic acid groups (broad SMARTS) is 1. The van der Waals surface area contributed by atoms with Gasteiger partial charge in [0.15, 0.2) is 0 Å². The summed E-state index contributed by atoms with van der Waals surface area (Å²) in [7, 11) is 0. The van der Waals surface area contributed by atoms with Gasteiger partial charge in [-0.3, -0.25) is 14.4 Å². The van der Waals surface area contributed by atoms with Gasteiger partial charge < -0.3 is 29.7 Å². The summed E-state index contributed by atoms with van der Waals surface area (Å²) in [6.45, 7) is 6.33. The van der Waals surface area contributed by atoms with E-state index >= 15 is 0 Å². The first-order valence-corrected chi connectivity index (χ1v) is 8.97. The first-order valence-electron chi connectivity index (χ1n) is 8.97. The van der Waals surface area contributed by atoms with Crippen LogP contribution in [-0.2, 0) is 23.9 Å². The zero-order valence-electron chi connectivity index (χ0n) is 15.9. The van der Waals surface area contributed by atoms with Crippen molar-refractivity contribution >= 4 is 23.9 Å². The number of hydrogen-bond acceptors (Lipinski definition) is 6. The van der Waals surface area contributed by atoms with Crippen molar-refractivity contribution in [3.8, 4) is 0 Å². The van der Waals surface area contributed by atoms with Crippen molar-refractivity contribution in [2.45, 2.75) is 57.8 Å². The molecular formula is C17H27N3O7. The highest BCUT2D eigenvalue weighted by molar-refractivity contribution is 5.88. The summed E-state index contributed by atoms with van der Waals surface area (Å²) >= 11 is 0. The van der Waals surface area contributed by atoms with Crippen molar-refractivity contribution in [3.05, 3.63) is 0 Å². The molecule has 0 aromatic rings. The van der Waals surface area contributed by atoms with E-state index in [1.54, 1.807) is 20.8 Å². The monoisotopic (exact) mass is 385 g/mol. The highest BCUT2D eigenvalue weighted by Crippen LogP contribution is 2.21. The number of carbonyl (C=O) groups excluding carboxylic acids is 3. The van der Waals surface area contributed by atoms with E-state index in [1.165, 1.54) is 9.80 Å². The quantitative estimate of drug-likeness (QED) is 0.690. The van der Waals surface area contributed by atoms with E-state index in [1.807, 2.05) is 0 Å². The van der Waals surface area contributed by atoms with Gasteiger partial charge in [-0.15, -0.1) is 0 Å². The average molecular weight is 385 g/mol. The van der Waals surface area contributed by atoms with Crippen LogP contribution in [0.3, 0.4) is 0 Å². The van der Waals surface area contributed by atoms with Crippen LogP contribution in [0.25, 0.3) is 0 Å².